The van der Waals surface area contributed by atoms with Gasteiger partial charge in [0, 0.05) is 4.47 Å². The molecule has 3 rings (SSSR count). The third-order valence-electron chi connectivity index (χ3n) is 2.69. The van der Waals surface area contributed by atoms with Crippen molar-refractivity contribution in [3.8, 4) is 6.07 Å². The number of benzene rings is 1. The van der Waals surface area contributed by atoms with Crippen molar-refractivity contribution < 1.29 is 0 Å². The molecule has 3 aromatic rings. The summed E-state index contributed by atoms with van der Waals surface area (Å²) >= 11 is 4.94. The van der Waals surface area contributed by atoms with E-state index < -0.39 is 0 Å². The van der Waals surface area contributed by atoms with E-state index in [1.54, 1.807) is 12.1 Å². The fourth-order valence-corrected chi connectivity index (χ4v) is 3.03. The normalized spacial score (nSPS) is 10.4. The predicted octanol–water partition coefficient (Wildman–Crippen LogP) is 3.65. The number of nitrogens with zero attached hydrogens (tertiary/aromatic N) is 3. The van der Waals surface area contributed by atoms with Crippen molar-refractivity contribution in [1.29, 1.82) is 5.26 Å². The molecule has 20 heavy (non-hydrogen) atoms. The maximum atomic E-state index is 8.87. The van der Waals surface area contributed by atoms with Crippen molar-refractivity contribution in [2.45, 2.75) is 0 Å². The summed E-state index contributed by atoms with van der Waals surface area (Å²) in [6.45, 7) is 0. The first-order chi connectivity index (χ1) is 9.67. The van der Waals surface area contributed by atoms with Crippen LogP contribution in [-0.4, -0.2) is 9.97 Å². The Balaban J connectivity index is 2.05. The van der Waals surface area contributed by atoms with Crippen LogP contribution in [0.2, 0.25) is 0 Å². The molecule has 2 aromatic heterocycles. The molecule has 0 fully saturated rings. The van der Waals surface area contributed by atoms with Crippen LogP contribution in [-0.2, 0) is 0 Å². The molecule has 0 saturated carbocycles. The minimum Gasteiger partial charge on any atom is -0.368 e. The average Bonchev–Trinajstić information content (AvgIpc) is 2.89. The van der Waals surface area contributed by atoms with Gasteiger partial charge < -0.3 is 11.1 Å². The molecule has 0 aliphatic carbocycles. The van der Waals surface area contributed by atoms with Gasteiger partial charge in [-0.2, -0.15) is 10.2 Å². The second-order valence-corrected chi connectivity index (χ2v) is 5.75. The molecule has 5 nitrogen and oxygen atoms in total. The highest BCUT2D eigenvalue weighted by Gasteiger charge is 2.09. The number of fused-ring (bicyclic) bond motifs is 1. The number of aromatic nitrogens is 2. The van der Waals surface area contributed by atoms with Crippen LogP contribution in [0.1, 0.15) is 5.56 Å². The quantitative estimate of drug-likeness (QED) is 0.739. The Hall–Kier alpha value is -2.17. The molecule has 0 radical (unpaired) electrons. The molecular weight excluding hydrogens is 338 g/mol. The standard InChI is InChI=1S/C13H8BrN5S/c14-9-5-7(6-15)1-2-10(9)17-11-8-3-4-20-12(8)19-13(16)18-11/h1-5H,(H3,16,17,18,19). The lowest BCUT2D eigenvalue weighted by atomic mass is 10.2. The Morgan fingerprint density at radius 3 is 2.90 bits per heavy atom. The number of nitrogens with one attached hydrogen (secondary N) is 1. The molecule has 0 unspecified atom stereocenters. The molecule has 0 bridgehead atoms. The van der Waals surface area contributed by atoms with Gasteiger partial charge >= 0.3 is 0 Å². The Labute approximate surface area is 127 Å². The number of nitrogen functional groups attached to an aromatic ring is 1. The third-order valence-corrected chi connectivity index (χ3v) is 4.16. The van der Waals surface area contributed by atoms with E-state index in [-0.39, 0.29) is 5.95 Å². The van der Waals surface area contributed by atoms with Gasteiger partial charge in [-0.25, -0.2) is 4.98 Å². The summed E-state index contributed by atoms with van der Waals surface area (Å²) in [5.74, 6) is 0.881. The van der Waals surface area contributed by atoms with Gasteiger partial charge in [-0.05, 0) is 45.6 Å². The van der Waals surface area contributed by atoms with Gasteiger partial charge in [0.2, 0.25) is 5.95 Å². The summed E-state index contributed by atoms with van der Waals surface area (Å²) in [7, 11) is 0. The van der Waals surface area contributed by atoms with Crippen LogP contribution in [0.4, 0.5) is 17.5 Å². The zero-order valence-electron chi connectivity index (χ0n) is 10.1. The fraction of sp³-hybridized carbons (Fsp3) is 0. The second-order valence-electron chi connectivity index (χ2n) is 4.00. The molecule has 98 valence electrons. The van der Waals surface area contributed by atoms with Crippen LogP contribution in [0.3, 0.4) is 0 Å². The van der Waals surface area contributed by atoms with Gasteiger partial charge in [0.15, 0.2) is 0 Å². The molecule has 0 atom stereocenters. The number of rotatable bonds is 2. The number of halogens is 1. The maximum absolute atomic E-state index is 8.87. The maximum Gasteiger partial charge on any atom is 0.223 e. The van der Waals surface area contributed by atoms with E-state index >= 15 is 0 Å². The Morgan fingerprint density at radius 1 is 1.30 bits per heavy atom. The molecular formula is C13H8BrN5S. The SMILES string of the molecule is N#Cc1ccc(Nc2nc(N)nc3sccc23)c(Br)c1. The molecule has 0 amide bonds. The number of anilines is 3. The summed E-state index contributed by atoms with van der Waals surface area (Å²) in [6.07, 6.45) is 0. The molecule has 0 saturated heterocycles. The Morgan fingerprint density at radius 2 is 2.15 bits per heavy atom. The third kappa shape index (κ3) is 2.31. The Bertz CT molecular complexity index is 836. The van der Waals surface area contributed by atoms with E-state index in [1.165, 1.54) is 11.3 Å². The highest BCUT2D eigenvalue weighted by molar-refractivity contribution is 9.10. The van der Waals surface area contributed by atoms with E-state index in [0.29, 0.717) is 11.4 Å². The van der Waals surface area contributed by atoms with Crippen LogP contribution >= 0.6 is 27.3 Å². The first kappa shape index (κ1) is 12.8. The van der Waals surface area contributed by atoms with Gasteiger partial charge in [0.1, 0.15) is 10.6 Å². The lowest BCUT2D eigenvalue weighted by molar-refractivity contribution is 1.24. The number of nitrogens with two attached hydrogens (primary N) is 1. The van der Waals surface area contributed by atoms with Crippen LogP contribution in [0.25, 0.3) is 10.2 Å². The number of thiophene rings is 1. The van der Waals surface area contributed by atoms with Gasteiger partial charge in [0.25, 0.3) is 0 Å². The lowest BCUT2D eigenvalue weighted by Gasteiger charge is -2.09. The van der Waals surface area contributed by atoms with Crippen LogP contribution in [0, 0.1) is 11.3 Å². The first-order valence-electron chi connectivity index (χ1n) is 5.65. The molecule has 2 heterocycles. The monoisotopic (exact) mass is 345 g/mol. The number of hydrogen-bond acceptors (Lipinski definition) is 6. The van der Waals surface area contributed by atoms with Crippen molar-refractivity contribution in [2.75, 3.05) is 11.1 Å². The summed E-state index contributed by atoms with van der Waals surface area (Å²) in [6, 6.07) is 9.34. The average molecular weight is 346 g/mol. The van der Waals surface area contributed by atoms with E-state index in [2.05, 4.69) is 37.3 Å². The molecule has 0 aliphatic heterocycles. The topological polar surface area (TPSA) is 87.6 Å². The summed E-state index contributed by atoms with van der Waals surface area (Å²) < 4.78 is 0.789. The van der Waals surface area contributed by atoms with Crippen LogP contribution in [0.15, 0.2) is 34.1 Å². The molecule has 1 aromatic carbocycles. The predicted molar refractivity (Wildman–Crippen MR) is 84.0 cm³/mol. The van der Waals surface area contributed by atoms with Crippen LogP contribution < -0.4 is 11.1 Å². The first-order valence-corrected chi connectivity index (χ1v) is 7.32. The molecule has 3 N–H and O–H groups in total. The number of hydrogen-bond donors (Lipinski definition) is 2. The molecule has 0 aliphatic rings. The van der Waals surface area contributed by atoms with Crippen molar-refractivity contribution in [2.24, 2.45) is 0 Å². The van der Waals surface area contributed by atoms with Gasteiger partial charge in [-0.15, -0.1) is 11.3 Å². The van der Waals surface area contributed by atoms with Gasteiger partial charge in [-0.3, -0.25) is 0 Å². The summed E-state index contributed by atoms with van der Waals surface area (Å²) in [5, 5.41) is 14.9. The highest BCUT2D eigenvalue weighted by atomic mass is 79.9. The molecule has 7 heteroatoms. The smallest absolute Gasteiger partial charge is 0.223 e. The van der Waals surface area contributed by atoms with Gasteiger partial charge in [-0.1, -0.05) is 0 Å². The summed E-state index contributed by atoms with van der Waals surface area (Å²) in [5.41, 5.74) is 7.11. The van der Waals surface area contributed by atoms with E-state index in [0.717, 1.165) is 20.4 Å². The lowest BCUT2D eigenvalue weighted by Crippen LogP contribution is -2.00. The number of nitriles is 1. The fourth-order valence-electron chi connectivity index (χ4n) is 1.78. The minimum absolute atomic E-state index is 0.229. The van der Waals surface area contributed by atoms with Crippen molar-refractivity contribution >= 4 is 54.9 Å². The highest BCUT2D eigenvalue weighted by Crippen LogP contribution is 2.31. The zero-order valence-corrected chi connectivity index (χ0v) is 12.5. The summed E-state index contributed by atoms with van der Waals surface area (Å²) in [4.78, 5) is 9.24. The van der Waals surface area contributed by atoms with Crippen molar-refractivity contribution in [3.05, 3.63) is 39.7 Å². The van der Waals surface area contributed by atoms with E-state index in [1.807, 2.05) is 17.5 Å². The van der Waals surface area contributed by atoms with Crippen molar-refractivity contribution in [3.63, 3.8) is 0 Å². The zero-order chi connectivity index (χ0) is 14.1. The second kappa shape index (κ2) is 5.07. The Kier molecular flexibility index (Phi) is 3.26. The largest absolute Gasteiger partial charge is 0.368 e. The van der Waals surface area contributed by atoms with E-state index in [4.69, 9.17) is 11.0 Å². The van der Waals surface area contributed by atoms with Crippen LogP contribution in [0.5, 0.6) is 0 Å². The van der Waals surface area contributed by atoms with Gasteiger partial charge in [0.05, 0.1) is 22.7 Å². The van der Waals surface area contributed by atoms with Crippen molar-refractivity contribution in [1.82, 2.24) is 9.97 Å². The molecule has 0 spiro atoms. The minimum atomic E-state index is 0.229. The van der Waals surface area contributed by atoms with E-state index in [9.17, 15) is 0 Å².